The van der Waals surface area contributed by atoms with Crippen molar-refractivity contribution in [3.8, 4) is 0 Å². The van der Waals surface area contributed by atoms with Crippen molar-refractivity contribution in [3.63, 3.8) is 0 Å². The van der Waals surface area contributed by atoms with Crippen molar-refractivity contribution in [2.45, 2.75) is 32.2 Å². The lowest BCUT2D eigenvalue weighted by molar-refractivity contribution is 0.332. The molecule has 1 aromatic rings. The highest BCUT2D eigenvalue weighted by Gasteiger charge is 2.33. The van der Waals surface area contributed by atoms with E-state index in [2.05, 4.69) is 25.2 Å². The number of hydrogen-bond acceptors (Lipinski definition) is 2. The van der Waals surface area contributed by atoms with Crippen LogP contribution in [0.4, 0.5) is 0 Å². The van der Waals surface area contributed by atoms with Crippen molar-refractivity contribution < 1.29 is 4.42 Å². The van der Waals surface area contributed by atoms with Gasteiger partial charge in [0.2, 0.25) is 0 Å². The Morgan fingerprint density at radius 3 is 3.00 bits per heavy atom. The second-order valence-electron chi connectivity index (χ2n) is 4.47. The Kier molecular flexibility index (Phi) is 2.16. The largest absolute Gasteiger partial charge is 0.472 e. The van der Waals surface area contributed by atoms with Crippen molar-refractivity contribution >= 4 is 0 Å². The quantitative estimate of drug-likeness (QED) is 0.753. The second kappa shape index (κ2) is 3.18. The van der Waals surface area contributed by atoms with E-state index in [1.54, 1.807) is 6.26 Å². The Hall–Kier alpha value is -0.760. The molecule has 0 radical (unpaired) electrons. The minimum Gasteiger partial charge on any atom is -0.472 e. The Labute approximate surface area is 79.3 Å². The first-order valence-electron chi connectivity index (χ1n) is 4.94. The van der Waals surface area contributed by atoms with E-state index < -0.39 is 0 Å². The number of hydrogen-bond donors (Lipinski definition) is 1. The molecule has 0 aliphatic carbocycles. The van der Waals surface area contributed by atoms with E-state index in [1.165, 1.54) is 12.0 Å². The predicted octanol–water partition coefficient (Wildman–Crippen LogP) is 2.21. The van der Waals surface area contributed by atoms with Gasteiger partial charge in [-0.1, -0.05) is 0 Å². The van der Waals surface area contributed by atoms with Crippen LogP contribution in [0.2, 0.25) is 0 Å². The first-order valence-corrected chi connectivity index (χ1v) is 4.94. The molecular weight excluding hydrogens is 162 g/mol. The highest BCUT2D eigenvalue weighted by atomic mass is 16.3. The van der Waals surface area contributed by atoms with Gasteiger partial charge in [0.1, 0.15) is 0 Å². The minimum absolute atomic E-state index is 0.289. The lowest BCUT2D eigenvalue weighted by Crippen LogP contribution is -2.38. The van der Waals surface area contributed by atoms with Crippen LogP contribution in [-0.2, 0) is 6.42 Å². The molecule has 1 aromatic heterocycles. The zero-order chi connectivity index (χ0) is 9.31. The van der Waals surface area contributed by atoms with Crippen LogP contribution in [0.3, 0.4) is 0 Å². The third-order valence-electron chi connectivity index (χ3n) is 3.16. The molecule has 0 saturated carbocycles. The van der Waals surface area contributed by atoms with Crippen molar-refractivity contribution in [1.82, 2.24) is 5.32 Å². The summed E-state index contributed by atoms with van der Waals surface area (Å²) in [6.07, 6.45) is 6.02. The maximum absolute atomic E-state index is 5.07. The average molecular weight is 179 g/mol. The highest BCUT2D eigenvalue weighted by Crippen LogP contribution is 2.29. The van der Waals surface area contributed by atoms with E-state index in [0.29, 0.717) is 0 Å². The summed E-state index contributed by atoms with van der Waals surface area (Å²) in [5.41, 5.74) is 1.61. The smallest absolute Gasteiger partial charge is 0.0934 e. The summed E-state index contributed by atoms with van der Waals surface area (Å²) in [5.74, 6) is 0.741. The molecular formula is C11H17NO. The molecule has 1 atom stereocenters. The van der Waals surface area contributed by atoms with Gasteiger partial charge in [0, 0.05) is 5.54 Å². The van der Waals surface area contributed by atoms with Gasteiger partial charge in [-0.3, -0.25) is 0 Å². The van der Waals surface area contributed by atoms with Gasteiger partial charge < -0.3 is 9.73 Å². The van der Waals surface area contributed by atoms with Gasteiger partial charge in [-0.25, -0.2) is 0 Å². The van der Waals surface area contributed by atoms with E-state index >= 15 is 0 Å². The van der Waals surface area contributed by atoms with Crippen molar-refractivity contribution in [3.05, 3.63) is 24.2 Å². The standard InChI is InChI=1S/C11H17NO/c1-11(2)10(3-5-12-11)7-9-4-6-13-8-9/h4,6,8,10,12H,3,5,7H2,1-2H3. The van der Waals surface area contributed by atoms with Gasteiger partial charge in [-0.05, 0) is 50.8 Å². The zero-order valence-electron chi connectivity index (χ0n) is 8.34. The van der Waals surface area contributed by atoms with Gasteiger partial charge >= 0.3 is 0 Å². The number of furan rings is 1. The lowest BCUT2D eigenvalue weighted by Gasteiger charge is -2.26. The van der Waals surface area contributed by atoms with E-state index in [0.717, 1.165) is 18.9 Å². The van der Waals surface area contributed by atoms with Crippen LogP contribution in [0.25, 0.3) is 0 Å². The molecule has 1 fully saturated rings. The molecule has 0 bridgehead atoms. The van der Waals surface area contributed by atoms with Crippen LogP contribution in [0.1, 0.15) is 25.8 Å². The van der Waals surface area contributed by atoms with Crippen LogP contribution in [0.15, 0.2) is 23.0 Å². The van der Waals surface area contributed by atoms with E-state index in [1.807, 2.05) is 6.26 Å². The summed E-state index contributed by atoms with van der Waals surface area (Å²) >= 11 is 0. The van der Waals surface area contributed by atoms with Crippen LogP contribution in [0, 0.1) is 5.92 Å². The third-order valence-corrected chi connectivity index (χ3v) is 3.16. The first-order chi connectivity index (χ1) is 6.18. The van der Waals surface area contributed by atoms with E-state index in [-0.39, 0.29) is 5.54 Å². The molecule has 2 rings (SSSR count). The van der Waals surface area contributed by atoms with Crippen LogP contribution in [0.5, 0.6) is 0 Å². The fourth-order valence-electron chi connectivity index (χ4n) is 2.12. The summed E-state index contributed by atoms with van der Waals surface area (Å²) in [6, 6.07) is 2.06. The fraction of sp³-hybridized carbons (Fsp3) is 0.636. The molecule has 2 heteroatoms. The van der Waals surface area contributed by atoms with Gasteiger partial charge in [0.25, 0.3) is 0 Å². The lowest BCUT2D eigenvalue weighted by atomic mass is 9.85. The normalized spacial score (nSPS) is 26.5. The number of nitrogens with one attached hydrogen (secondary N) is 1. The molecule has 1 aliphatic rings. The summed E-state index contributed by atoms with van der Waals surface area (Å²) in [7, 11) is 0. The summed E-state index contributed by atoms with van der Waals surface area (Å²) in [6.45, 7) is 5.71. The minimum atomic E-state index is 0.289. The molecule has 2 nitrogen and oxygen atoms in total. The zero-order valence-corrected chi connectivity index (χ0v) is 8.34. The predicted molar refractivity (Wildman–Crippen MR) is 52.6 cm³/mol. The Morgan fingerprint density at radius 1 is 1.62 bits per heavy atom. The third kappa shape index (κ3) is 1.78. The molecule has 1 saturated heterocycles. The molecule has 72 valence electrons. The van der Waals surface area contributed by atoms with Crippen molar-refractivity contribution in [1.29, 1.82) is 0 Å². The molecule has 0 amide bonds. The molecule has 13 heavy (non-hydrogen) atoms. The van der Waals surface area contributed by atoms with Gasteiger partial charge in [-0.15, -0.1) is 0 Å². The average Bonchev–Trinajstić information content (AvgIpc) is 2.63. The Bertz CT molecular complexity index is 264. The molecule has 0 spiro atoms. The van der Waals surface area contributed by atoms with Gasteiger partial charge in [0.05, 0.1) is 12.5 Å². The summed E-state index contributed by atoms with van der Waals surface area (Å²) in [5, 5.41) is 3.53. The van der Waals surface area contributed by atoms with Gasteiger partial charge in [0.15, 0.2) is 0 Å². The topological polar surface area (TPSA) is 25.2 Å². The Morgan fingerprint density at radius 2 is 2.46 bits per heavy atom. The first kappa shape index (κ1) is 8.82. The van der Waals surface area contributed by atoms with Gasteiger partial charge in [-0.2, -0.15) is 0 Å². The maximum atomic E-state index is 5.07. The van der Waals surface area contributed by atoms with Crippen molar-refractivity contribution in [2.24, 2.45) is 5.92 Å². The SMILES string of the molecule is CC1(C)NCCC1Cc1ccoc1. The van der Waals surface area contributed by atoms with Crippen LogP contribution in [-0.4, -0.2) is 12.1 Å². The molecule has 1 N–H and O–H groups in total. The second-order valence-corrected chi connectivity index (χ2v) is 4.47. The van der Waals surface area contributed by atoms with Crippen LogP contribution >= 0.6 is 0 Å². The Balaban J connectivity index is 2.02. The summed E-state index contributed by atoms with van der Waals surface area (Å²) < 4.78 is 5.07. The molecule has 1 aliphatic heterocycles. The monoisotopic (exact) mass is 179 g/mol. The van der Waals surface area contributed by atoms with E-state index in [9.17, 15) is 0 Å². The highest BCUT2D eigenvalue weighted by molar-refractivity contribution is 5.09. The van der Waals surface area contributed by atoms with Crippen molar-refractivity contribution in [2.75, 3.05) is 6.54 Å². The fourth-order valence-corrected chi connectivity index (χ4v) is 2.12. The maximum Gasteiger partial charge on any atom is 0.0934 e. The summed E-state index contributed by atoms with van der Waals surface area (Å²) in [4.78, 5) is 0. The number of rotatable bonds is 2. The van der Waals surface area contributed by atoms with Crippen LogP contribution < -0.4 is 5.32 Å². The van der Waals surface area contributed by atoms with E-state index in [4.69, 9.17) is 4.42 Å². The molecule has 1 unspecified atom stereocenters. The molecule has 2 heterocycles. The molecule has 0 aromatic carbocycles.